The van der Waals surface area contributed by atoms with Crippen LogP contribution in [0, 0.1) is 0 Å². The van der Waals surface area contributed by atoms with Crippen LogP contribution in [-0.2, 0) is 0 Å². The molecule has 84 valence electrons. The van der Waals surface area contributed by atoms with Crippen molar-refractivity contribution in [1.29, 1.82) is 0 Å². The zero-order chi connectivity index (χ0) is 11.5. The zero-order valence-corrected chi connectivity index (χ0v) is 13.1. The molecule has 0 heterocycles. The topological polar surface area (TPSA) is 20.2 Å². The van der Waals surface area contributed by atoms with Gasteiger partial charge in [-0.25, -0.2) is 0 Å². The fraction of sp³-hybridized carbons (Fsp3) is 0.538. The molecule has 0 aliphatic rings. The molecule has 0 aliphatic heterocycles. The standard InChI is InChI=1S/C6H5.C4H9.C3H7.H2O.Sn/c1-2-4-6-5-3-1;1-4(2)3;1-3-2;;/h1-5H;1-3H3;1,3H2,2H3;1H2;/q;;;;+1/p-1. The molecule has 1 aromatic carbocycles. The maximum atomic E-state index is 11.0. The summed E-state index contributed by atoms with van der Waals surface area (Å²) in [6.45, 7) is 8.72. The summed E-state index contributed by atoms with van der Waals surface area (Å²) in [6, 6.07) is 10.3. The molecule has 0 saturated heterocycles. The summed E-state index contributed by atoms with van der Waals surface area (Å²) >= 11 is -3.15. The first-order valence-corrected chi connectivity index (χ1v) is 11.8. The molecule has 0 saturated carbocycles. The normalized spacial score (nSPS) is 16.1. The van der Waals surface area contributed by atoms with Gasteiger partial charge in [0.25, 0.3) is 0 Å². The molecule has 0 bridgehead atoms. The van der Waals surface area contributed by atoms with Crippen molar-refractivity contribution in [2.24, 2.45) is 0 Å². The summed E-state index contributed by atoms with van der Waals surface area (Å²) in [5, 5.41) is 0. The Bertz CT molecular complexity index is 302. The molecule has 0 amide bonds. The van der Waals surface area contributed by atoms with Gasteiger partial charge in [-0.15, -0.1) is 0 Å². The average Bonchev–Trinajstić information content (AvgIpc) is 2.18. The minimum absolute atomic E-state index is 0.0754. The van der Waals surface area contributed by atoms with Gasteiger partial charge >= 0.3 is 98.1 Å². The van der Waals surface area contributed by atoms with Gasteiger partial charge in [-0.3, -0.25) is 0 Å². The van der Waals surface area contributed by atoms with Crippen molar-refractivity contribution in [1.82, 2.24) is 0 Å². The third-order valence-corrected chi connectivity index (χ3v) is 17.4. The Morgan fingerprint density at radius 2 is 1.67 bits per heavy atom. The SMILES string of the molecule is CC[CH2][Sn]([OH])([c]1ccccc1)[C](C)(C)C. The van der Waals surface area contributed by atoms with Gasteiger partial charge in [0.05, 0.1) is 0 Å². The molecule has 0 aromatic heterocycles. The van der Waals surface area contributed by atoms with Crippen LogP contribution in [0.1, 0.15) is 34.1 Å². The predicted molar refractivity (Wildman–Crippen MR) is 68.9 cm³/mol. The molecule has 0 fully saturated rings. The van der Waals surface area contributed by atoms with Gasteiger partial charge < -0.3 is 0 Å². The maximum absolute atomic E-state index is 11.0. The van der Waals surface area contributed by atoms with Crippen LogP contribution in [0.5, 0.6) is 0 Å². The third-order valence-electron chi connectivity index (χ3n) is 3.10. The van der Waals surface area contributed by atoms with E-state index in [9.17, 15) is 3.44 Å². The van der Waals surface area contributed by atoms with Crippen molar-refractivity contribution in [3.8, 4) is 0 Å². The molecule has 1 aromatic rings. The number of hydrogen-bond donors (Lipinski definition) is 1. The van der Waals surface area contributed by atoms with Gasteiger partial charge in [-0.2, -0.15) is 0 Å². The summed E-state index contributed by atoms with van der Waals surface area (Å²) in [4.78, 5) is 0. The monoisotopic (exact) mass is 314 g/mol. The first kappa shape index (κ1) is 13.0. The molecule has 1 atom stereocenters. The molecular formula is C13H22OSn. The first-order chi connectivity index (χ1) is 6.92. The number of benzene rings is 1. The van der Waals surface area contributed by atoms with E-state index in [1.54, 1.807) is 0 Å². The van der Waals surface area contributed by atoms with E-state index < -0.39 is 18.8 Å². The van der Waals surface area contributed by atoms with Gasteiger partial charge in [0.2, 0.25) is 0 Å². The summed E-state index contributed by atoms with van der Waals surface area (Å²) in [6.07, 6.45) is 1.08. The van der Waals surface area contributed by atoms with Crippen LogP contribution < -0.4 is 3.58 Å². The molecule has 1 rings (SSSR count). The summed E-state index contributed by atoms with van der Waals surface area (Å²) in [7, 11) is 0. The van der Waals surface area contributed by atoms with Crippen molar-refractivity contribution in [2.75, 3.05) is 0 Å². The molecule has 0 spiro atoms. The van der Waals surface area contributed by atoms with E-state index in [4.69, 9.17) is 0 Å². The van der Waals surface area contributed by atoms with E-state index in [0.29, 0.717) is 0 Å². The van der Waals surface area contributed by atoms with E-state index in [1.807, 2.05) is 18.2 Å². The van der Waals surface area contributed by atoms with E-state index in [-0.39, 0.29) is 3.43 Å². The van der Waals surface area contributed by atoms with Crippen LogP contribution in [0.3, 0.4) is 0 Å². The average molecular weight is 313 g/mol. The third kappa shape index (κ3) is 2.76. The Hall–Kier alpha value is -0.0213. The van der Waals surface area contributed by atoms with E-state index >= 15 is 0 Å². The molecule has 2 heteroatoms. The van der Waals surface area contributed by atoms with E-state index in [2.05, 4.69) is 39.8 Å². The summed E-state index contributed by atoms with van der Waals surface area (Å²) in [5.41, 5.74) is 0. The Kier molecular flexibility index (Phi) is 4.24. The van der Waals surface area contributed by atoms with Gasteiger partial charge in [-0.05, 0) is 0 Å². The molecular weight excluding hydrogens is 291 g/mol. The second kappa shape index (κ2) is 4.87. The Morgan fingerprint density at radius 3 is 2.07 bits per heavy atom. The number of hydrogen-bond acceptors (Lipinski definition) is 1. The quantitative estimate of drug-likeness (QED) is 0.851. The molecule has 0 aliphatic carbocycles. The Labute approximate surface area is 97.9 Å². The summed E-state index contributed by atoms with van der Waals surface area (Å²) < 4.78 is 13.4. The van der Waals surface area contributed by atoms with Crippen LogP contribution in [0.15, 0.2) is 30.3 Å². The van der Waals surface area contributed by atoms with Crippen LogP contribution in [0.2, 0.25) is 7.87 Å². The van der Waals surface area contributed by atoms with E-state index in [0.717, 1.165) is 10.9 Å². The summed E-state index contributed by atoms with van der Waals surface area (Å²) in [5.74, 6) is 0. The molecule has 1 unspecified atom stereocenters. The second-order valence-corrected chi connectivity index (χ2v) is 17.5. The number of rotatable bonds is 3. The van der Waals surface area contributed by atoms with Crippen LogP contribution in [0.25, 0.3) is 0 Å². The fourth-order valence-corrected chi connectivity index (χ4v) is 11.7. The van der Waals surface area contributed by atoms with Crippen LogP contribution >= 0.6 is 0 Å². The van der Waals surface area contributed by atoms with E-state index in [1.165, 1.54) is 3.58 Å². The fourth-order valence-electron chi connectivity index (χ4n) is 2.03. The minimum atomic E-state index is -3.15. The molecule has 1 N–H and O–H groups in total. The van der Waals surface area contributed by atoms with Crippen molar-refractivity contribution in [3.63, 3.8) is 0 Å². The Balaban J connectivity index is 3.13. The molecule has 15 heavy (non-hydrogen) atoms. The first-order valence-electron chi connectivity index (χ1n) is 5.69. The van der Waals surface area contributed by atoms with Gasteiger partial charge in [-0.1, -0.05) is 0 Å². The van der Waals surface area contributed by atoms with Crippen LogP contribution in [-0.4, -0.2) is 22.2 Å². The predicted octanol–water partition coefficient (Wildman–Crippen LogP) is 3.04. The van der Waals surface area contributed by atoms with Crippen LogP contribution in [0.4, 0.5) is 0 Å². The van der Waals surface area contributed by atoms with Crippen molar-refractivity contribution < 1.29 is 3.44 Å². The second-order valence-electron chi connectivity index (χ2n) is 5.23. The molecule has 0 radical (unpaired) electrons. The van der Waals surface area contributed by atoms with Gasteiger partial charge in [0.1, 0.15) is 0 Å². The Morgan fingerprint density at radius 1 is 1.13 bits per heavy atom. The van der Waals surface area contributed by atoms with Crippen molar-refractivity contribution in [3.05, 3.63) is 30.3 Å². The van der Waals surface area contributed by atoms with Gasteiger partial charge in [0, 0.05) is 0 Å². The van der Waals surface area contributed by atoms with Gasteiger partial charge in [0.15, 0.2) is 0 Å². The molecule has 1 nitrogen and oxygen atoms in total. The zero-order valence-electron chi connectivity index (χ0n) is 10.2. The van der Waals surface area contributed by atoms with Crippen molar-refractivity contribution in [2.45, 2.75) is 42.0 Å². The van der Waals surface area contributed by atoms with Crippen molar-refractivity contribution >= 4 is 22.4 Å².